The second-order valence-corrected chi connectivity index (χ2v) is 7.60. The molecule has 2 nitrogen and oxygen atoms in total. The van der Waals surface area contributed by atoms with Crippen LogP contribution in [-0.2, 0) is 7.05 Å². The lowest BCUT2D eigenvalue weighted by Crippen LogP contribution is -2.33. The molecular weight excluding hydrogens is 318 g/mol. The van der Waals surface area contributed by atoms with Crippen molar-refractivity contribution >= 4 is 21.7 Å². The Morgan fingerprint density at radius 1 is 0.885 bits per heavy atom. The fraction of sp³-hybridized carbons (Fsp3) is 0.208. The molecule has 1 aromatic heterocycles. The van der Waals surface area contributed by atoms with Crippen molar-refractivity contribution < 1.29 is 9.30 Å². The monoisotopic (exact) mass is 340 g/mol. The van der Waals surface area contributed by atoms with Crippen molar-refractivity contribution in [3.63, 3.8) is 0 Å². The summed E-state index contributed by atoms with van der Waals surface area (Å²) in [5.74, 6) is 2.40. The second kappa shape index (κ2) is 5.31. The highest BCUT2D eigenvalue weighted by molar-refractivity contribution is 6.04. The summed E-state index contributed by atoms with van der Waals surface area (Å²) in [6.07, 6.45) is 0. The molecule has 0 saturated carbocycles. The van der Waals surface area contributed by atoms with Crippen molar-refractivity contribution in [2.45, 2.75) is 26.7 Å². The molecule has 2 heterocycles. The maximum absolute atomic E-state index is 6.37. The average molecular weight is 340 g/mol. The lowest BCUT2D eigenvalue weighted by atomic mass is 9.93. The molecule has 0 unspecified atom stereocenters. The summed E-state index contributed by atoms with van der Waals surface area (Å²) < 4.78 is 8.66. The third-order valence-electron chi connectivity index (χ3n) is 5.61. The molecule has 0 aliphatic carbocycles. The number of hydrogen-bond donors (Lipinski definition) is 0. The highest BCUT2D eigenvalue weighted by Crippen LogP contribution is 2.47. The molecule has 0 bridgehead atoms. The molecule has 0 fully saturated rings. The van der Waals surface area contributed by atoms with Gasteiger partial charge in [0.05, 0.1) is 10.9 Å². The maximum atomic E-state index is 6.37. The standard InChI is InChI=1S/C24H22NO/c1-14(2)17-10-11-19-18(12-17)13-21-24(25(19)4)22-15(3)8-9-16-6-5-7-20(26-21)23(16)22/h5-14H,1-4H3/q+1. The summed E-state index contributed by atoms with van der Waals surface area (Å²) in [6, 6.07) is 19.7. The van der Waals surface area contributed by atoms with Gasteiger partial charge in [-0.1, -0.05) is 44.2 Å². The zero-order valence-corrected chi connectivity index (χ0v) is 15.6. The van der Waals surface area contributed by atoms with Gasteiger partial charge in [0.15, 0.2) is 5.75 Å². The summed E-state index contributed by atoms with van der Waals surface area (Å²) in [7, 11) is 2.14. The van der Waals surface area contributed by atoms with Crippen LogP contribution in [0.2, 0.25) is 0 Å². The van der Waals surface area contributed by atoms with E-state index in [0.29, 0.717) is 5.92 Å². The first-order valence-corrected chi connectivity index (χ1v) is 9.22. The van der Waals surface area contributed by atoms with Gasteiger partial charge >= 0.3 is 0 Å². The molecule has 1 aliphatic rings. The van der Waals surface area contributed by atoms with Gasteiger partial charge in [0.1, 0.15) is 12.8 Å². The summed E-state index contributed by atoms with van der Waals surface area (Å²) in [4.78, 5) is 0. The van der Waals surface area contributed by atoms with Crippen molar-refractivity contribution in [3.8, 4) is 22.8 Å². The molecule has 1 aliphatic heterocycles. The zero-order chi connectivity index (χ0) is 18.0. The minimum atomic E-state index is 0.512. The Morgan fingerprint density at radius 3 is 2.54 bits per heavy atom. The van der Waals surface area contributed by atoms with Gasteiger partial charge in [-0.2, -0.15) is 4.57 Å². The van der Waals surface area contributed by atoms with Crippen LogP contribution in [-0.4, -0.2) is 0 Å². The van der Waals surface area contributed by atoms with Crippen LogP contribution in [0, 0.1) is 6.92 Å². The van der Waals surface area contributed by atoms with Crippen LogP contribution in [0.15, 0.2) is 54.6 Å². The Balaban J connectivity index is 1.91. The first-order chi connectivity index (χ1) is 12.5. The number of benzene rings is 3. The van der Waals surface area contributed by atoms with Crippen LogP contribution in [0.1, 0.15) is 30.9 Å². The number of rotatable bonds is 1. The van der Waals surface area contributed by atoms with E-state index in [1.807, 2.05) is 0 Å². The number of ether oxygens (including phenoxy) is 1. The minimum Gasteiger partial charge on any atom is -0.450 e. The van der Waals surface area contributed by atoms with E-state index in [4.69, 9.17) is 4.74 Å². The third kappa shape index (κ3) is 2.02. The van der Waals surface area contributed by atoms with Crippen LogP contribution in [0.4, 0.5) is 0 Å². The van der Waals surface area contributed by atoms with E-state index in [2.05, 4.69) is 87.0 Å². The Hall–Kier alpha value is -2.87. The summed E-state index contributed by atoms with van der Waals surface area (Å²) in [5.41, 5.74) is 6.32. The van der Waals surface area contributed by atoms with Crippen molar-refractivity contribution in [1.29, 1.82) is 0 Å². The summed E-state index contributed by atoms with van der Waals surface area (Å²) in [6.45, 7) is 6.65. The lowest BCUT2D eigenvalue weighted by Gasteiger charge is -2.21. The molecule has 3 aromatic carbocycles. The highest BCUT2D eigenvalue weighted by atomic mass is 16.5. The zero-order valence-electron chi connectivity index (χ0n) is 15.6. The smallest absolute Gasteiger partial charge is 0.256 e. The van der Waals surface area contributed by atoms with Gasteiger partial charge < -0.3 is 4.74 Å². The van der Waals surface area contributed by atoms with Crippen LogP contribution >= 0.6 is 0 Å². The van der Waals surface area contributed by atoms with E-state index in [-0.39, 0.29) is 0 Å². The van der Waals surface area contributed by atoms with Gasteiger partial charge in [-0.15, -0.1) is 0 Å². The predicted octanol–water partition coefficient (Wildman–Crippen LogP) is 6.02. The van der Waals surface area contributed by atoms with Gasteiger partial charge in [0.2, 0.25) is 5.52 Å². The Kier molecular flexibility index (Phi) is 3.14. The van der Waals surface area contributed by atoms with E-state index in [1.54, 1.807) is 0 Å². The van der Waals surface area contributed by atoms with E-state index < -0.39 is 0 Å². The highest BCUT2D eigenvalue weighted by Gasteiger charge is 2.30. The minimum absolute atomic E-state index is 0.512. The van der Waals surface area contributed by atoms with Gasteiger partial charge in [0, 0.05) is 17.5 Å². The second-order valence-electron chi connectivity index (χ2n) is 7.60. The van der Waals surface area contributed by atoms with Crippen molar-refractivity contribution in [1.82, 2.24) is 0 Å². The van der Waals surface area contributed by atoms with Crippen LogP contribution in [0.5, 0.6) is 11.5 Å². The van der Waals surface area contributed by atoms with E-state index in [1.165, 1.54) is 38.4 Å². The first kappa shape index (κ1) is 15.4. The Bertz CT molecular complexity index is 1200. The van der Waals surface area contributed by atoms with E-state index >= 15 is 0 Å². The SMILES string of the molecule is Cc1ccc2cccc3c2c1-c1c(cc2cc(C(C)C)ccc2[n+]1C)O3. The molecule has 0 spiro atoms. The lowest BCUT2D eigenvalue weighted by molar-refractivity contribution is -0.633. The quantitative estimate of drug-likeness (QED) is 0.340. The van der Waals surface area contributed by atoms with Crippen molar-refractivity contribution in [2.75, 3.05) is 0 Å². The number of fused-ring (bicyclic) bond motifs is 3. The van der Waals surface area contributed by atoms with Gasteiger partial charge in [-0.3, -0.25) is 0 Å². The first-order valence-electron chi connectivity index (χ1n) is 9.22. The molecule has 26 heavy (non-hydrogen) atoms. The fourth-order valence-corrected chi connectivity index (χ4v) is 4.18. The maximum Gasteiger partial charge on any atom is 0.256 e. The topological polar surface area (TPSA) is 13.1 Å². The van der Waals surface area contributed by atoms with Crippen LogP contribution < -0.4 is 9.30 Å². The molecule has 0 saturated heterocycles. The van der Waals surface area contributed by atoms with Crippen molar-refractivity contribution in [2.24, 2.45) is 7.05 Å². The van der Waals surface area contributed by atoms with E-state index in [9.17, 15) is 0 Å². The molecule has 2 heteroatoms. The predicted molar refractivity (Wildman–Crippen MR) is 107 cm³/mol. The average Bonchev–Trinajstić information content (AvgIpc) is 2.63. The molecule has 0 amide bonds. The summed E-state index contributed by atoms with van der Waals surface area (Å²) in [5, 5.41) is 3.67. The molecule has 5 rings (SSSR count). The van der Waals surface area contributed by atoms with Crippen LogP contribution in [0.25, 0.3) is 32.9 Å². The van der Waals surface area contributed by atoms with Crippen LogP contribution in [0.3, 0.4) is 0 Å². The number of aryl methyl sites for hydroxylation is 2. The number of pyridine rings is 1. The van der Waals surface area contributed by atoms with Gasteiger partial charge in [0.25, 0.3) is 5.69 Å². The molecule has 128 valence electrons. The molecule has 0 N–H and O–H groups in total. The summed E-state index contributed by atoms with van der Waals surface area (Å²) >= 11 is 0. The largest absolute Gasteiger partial charge is 0.450 e. The number of hydrogen-bond acceptors (Lipinski definition) is 1. The normalized spacial score (nSPS) is 12.5. The number of nitrogens with zero attached hydrogens (tertiary/aromatic N) is 1. The van der Waals surface area contributed by atoms with Gasteiger partial charge in [-0.05, 0) is 41.5 Å². The molecule has 0 atom stereocenters. The Morgan fingerprint density at radius 2 is 1.73 bits per heavy atom. The molecular formula is C24H22NO+. The number of aromatic nitrogens is 1. The van der Waals surface area contributed by atoms with Gasteiger partial charge in [-0.25, -0.2) is 0 Å². The molecule has 0 radical (unpaired) electrons. The van der Waals surface area contributed by atoms with Crippen molar-refractivity contribution in [3.05, 3.63) is 65.7 Å². The van der Waals surface area contributed by atoms with E-state index in [0.717, 1.165) is 17.2 Å². The third-order valence-corrected chi connectivity index (χ3v) is 5.61. The molecule has 4 aromatic rings. The Labute approximate surface area is 153 Å². The fourth-order valence-electron chi connectivity index (χ4n) is 4.18.